The van der Waals surface area contributed by atoms with Crippen LogP contribution < -0.4 is 0 Å². The molecular formula is C18H34O6. The van der Waals surface area contributed by atoms with Crippen LogP contribution in [0.5, 0.6) is 0 Å². The van der Waals surface area contributed by atoms with Crippen LogP contribution in [-0.4, -0.2) is 44.2 Å². The minimum absolute atomic E-state index is 0.225. The number of hydrogen-bond acceptors (Lipinski definition) is 6. The third-order valence-corrected chi connectivity index (χ3v) is 3.32. The van der Waals surface area contributed by atoms with E-state index in [1.54, 1.807) is 6.92 Å². The first kappa shape index (κ1) is 23.0. The van der Waals surface area contributed by atoms with Crippen molar-refractivity contribution in [3.05, 3.63) is 0 Å². The van der Waals surface area contributed by atoms with Gasteiger partial charge in [-0.1, -0.05) is 40.0 Å². The Morgan fingerprint density at radius 3 is 1.50 bits per heavy atom. The highest BCUT2D eigenvalue weighted by molar-refractivity contribution is 5.98. The third kappa shape index (κ3) is 9.35. The number of carbonyl (C=O) groups is 2. The van der Waals surface area contributed by atoms with Crippen molar-refractivity contribution in [1.29, 1.82) is 0 Å². The number of unbranched alkanes of at least 4 members (excludes halogenated alkanes) is 3. The van der Waals surface area contributed by atoms with Gasteiger partial charge in [0, 0.05) is 0 Å². The molecule has 0 fully saturated rings. The standard InChI is InChI=1S/C18H34O6/c1-5-9-12-22-18(23-13-10-6-2,24-14-11-7-3)16(19)15-17(20)21-8-4/h5-15H2,1-4H3. The lowest BCUT2D eigenvalue weighted by Gasteiger charge is -2.31. The van der Waals surface area contributed by atoms with E-state index in [9.17, 15) is 9.59 Å². The Kier molecular flexibility index (Phi) is 13.8. The molecule has 0 N–H and O–H groups in total. The highest BCUT2D eigenvalue weighted by atomic mass is 16.9. The molecule has 24 heavy (non-hydrogen) atoms. The van der Waals surface area contributed by atoms with Crippen molar-refractivity contribution in [2.45, 2.75) is 78.6 Å². The molecule has 0 aliphatic rings. The zero-order chi connectivity index (χ0) is 18.3. The third-order valence-electron chi connectivity index (χ3n) is 3.32. The van der Waals surface area contributed by atoms with E-state index >= 15 is 0 Å². The highest BCUT2D eigenvalue weighted by Crippen LogP contribution is 2.22. The van der Waals surface area contributed by atoms with Crippen LogP contribution in [0.4, 0.5) is 0 Å². The van der Waals surface area contributed by atoms with Gasteiger partial charge in [-0.05, 0) is 26.2 Å². The number of Topliss-reactive ketones (excluding diaryl/α,β-unsaturated/α-hetero) is 1. The van der Waals surface area contributed by atoms with Crippen LogP contribution >= 0.6 is 0 Å². The Morgan fingerprint density at radius 1 is 0.750 bits per heavy atom. The van der Waals surface area contributed by atoms with E-state index in [4.69, 9.17) is 18.9 Å². The lowest BCUT2D eigenvalue weighted by Crippen LogP contribution is -2.48. The summed E-state index contributed by atoms with van der Waals surface area (Å²) in [4.78, 5) is 24.3. The number of ketones is 1. The minimum atomic E-state index is -1.80. The first-order valence-electron chi connectivity index (χ1n) is 9.16. The molecule has 142 valence electrons. The second-order valence-corrected chi connectivity index (χ2v) is 5.57. The lowest BCUT2D eigenvalue weighted by molar-refractivity contribution is -0.354. The van der Waals surface area contributed by atoms with Gasteiger partial charge in [-0.25, -0.2) is 0 Å². The van der Waals surface area contributed by atoms with Gasteiger partial charge in [-0.2, -0.15) is 0 Å². The van der Waals surface area contributed by atoms with E-state index in [-0.39, 0.29) is 6.61 Å². The summed E-state index contributed by atoms with van der Waals surface area (Å²) in [7, 11) is 0. The van der Waals surface area contributed by atoms with E-state index in [1.807, 2.05) is 20.8 Å². The number of hydrogen-bond donors (Lipinski definition) is 0. The lowest BCUT2D eigenvalue weighted by atomic mass is 10.2. The summed E-state index contributed by atoms with van der Waals surface area (Å²) < 4.78 is 22.0. The zero-order valence-electron chi connectivity index (χ0n) is 15.7. The Hall–Kier alpha value is -0.980. The average molecular weight is 346 g/mol. The molecular weight excluding hydrogens is 312 g/mol. The SMILES string of the molecule is CCCCOC(OCCCC)(OCCCC)C(=O)CC(=O)OCC. The number of rotatable bonds is 16. The summed E-state index contributed by atoms with van der Waals surface area (Å²) in [6, 6.07) is 0. The second-order valence-electron chi connectivity index (χ2n) is 5.57. The second kappa shape index (κ2) is 14.4. The Morgan fingerprint density at radius 2 is 1.17 bits per heavy atom. The van der Waals surface area contributed by atoms with Crippen LogP contribution in [0.15, 0.2) is 0 Å². The molecule has 0 rings (SSSR count). The molecule has 0 heterocycles. The summed E-state index contributed by atoms with van der Waals surface area (Å²) in [6.45, 7) is 9.02. The summed E-state index contributed by atoms with van der Waals surface area (Å²) in [5.74, 6) is -2.93. The van der Waals surface area contributed by atoms with Gasteiger partial charge in [0.05, 0.1) is 26.4 Å². The first-order valence-corrected chi connectivity index (χ1v) is 9.16. The number of esters is 1. The molecule has 0 aromatic rings. The predicted molar refractivity (Wildman–Crippen MR) is 91.6 cm³/mol. The molecule has 0 radical (unpaired) electrons. The minimum Gasteiger partial charge on any atom is -0.466 e. The highest BCUT2D eigenvalue weighted by Gasteiger charge is 2.43. The van der Waals surface area contributed by atoms with Crippen molar-refractivity contribution < 1.29 is 28.5 Å². The van der Waals surface area contributed by atoms with Crippen molar-refractivity contribution in [3.63, 3.8) is 0 Å². The van der Waals surface area contributed by atoms with Crippen LogP contribution in [0.2, 0.25) is 0 Å². The maximum atomic E-state index is 12.7. The molecule has 0 atom stereocenters. The van der Waals surface area contributed by atoms with Gasteiger partial charge in [-0.15, -0.1) is 0 Å². The molecule has 0 aromatic carbocycles. The summed E-state index contributed by atoms with van der Waals surface area (Å²) in [6.07, 6.45) is 4.69. The van der Waals surface area contributed by atoms with Gasteiger partial charge < -0.3 is 18.9 Å². The Labute approximate surface area is 146 Å². The Bertz CT molecular complexity index is 316. The quantitative estimate of drug-likeness (QED) is 0.184. The fourth-order valence-corrected chi connectivity index (χ4v) is 1.87. The van der Waals surface area contributed by atoms with E-state index in [0.29, 0.717) is 19.8 Å². The van der Waals surface area contributed by atoms with Gasteiger partial charge in [0.1, 0.15) is 6.42 Å². The van der Waals surface area contributed by atoms with E-state index in [2.05, 4.69) is 0 Å². The van der Waals surface area contributed by atoms with Gasteiger partial charge in [-0.3, -0.25) is 9.59 Å². The molecule has 0 aliphatic carbocycles. The van der Waals surface area contributed by atoms with Crippen LogP contribution in [0.3, 0.4) is 0 Å². The smallest absolute Gasteiger partial charge is 0.347 e. The molecule has 0 aliphatic heterocycles. The molecule has 0 spiro atoms. The van der Waals surface area contributed by atoms with Gasteiger partial charge in [0.15, 0.2) is 0 Å². The van der Waals surface area contributed by atoms with Crippen LogP contribution in [-0.2, 0) is 28.5 Å². The fourth-order valence-electron chi connectivity index (χ4n) is 1.87. The fraction of sp³-hybridized carbons (Fsp3) is 0.889. The van der Waals surface area contributed by atoms with Crippen molar-refractivity contribution in [3.8, 4) is 0 Å². The summed E-state index contributed by atoms with van der Waals surface area (Å²) in [5.41, 5.74) is 0. The van der Waals surface area contributed by atoms with E-state index < -0.39 is 24.1 Å². The maximum absolute atomic E-state index is 12.7. The molecule has 6 nitrogen and oxygen atoms in total. The first-order chi connectivity index (χ1) is 11.6. The molecule has 0 saturated heterocycles. The van der Waals surface area contributed by atoms with Crippen molar-refractivity contribution in [2.75, 3.05) is 26.4 Å². The number of carbonyl (C=O) groups excluding carboxylic acids is 2. The van der Waals surface area contributed by atoms with Crippen LogP contribution in [0.25, 0.3) is 0 Å². The normalized spacial score (nSPS) is 11.5. The molecule has 0 unspecified atom stereocenters. The maximum Gasteiger partial charge on any atom is 0.347 e. The zero-order valence-corrected chi connectivity index (χ0v) is 15.7. The van der Waals surface area contributed by atoms with Crippen LogP contribution in [0, 0.1) is 0 Å². The molecule has 0 aromatic heterocycles. The van der Waals surface area contributed by atoms with Gasteiger partial charge >= 0.3 is 11.9 Å². The van der Waals surface area contributed by atoms with Crippen molar-refractivity contribution in [1.82, 2.24) is 0 Å². The largest absolute Gasteiger partial charge is 0.466 e. The summed E-state index contributed by atoms with van der Waals surface area (Å²) in [5, 5.41) is 0. The Balaban J connectivity index is 5.08. The van der Waals surface area contributed by atoms with Crippen LogP contribution in [0.1, 0.15) is 72.6 Å². The summed E-state index contributed by atoms with van der Waals surface area (Å²) >= 11 is 0. The van der Waals surface area contributed by atoms with Crippen molar-refractivity contribution >= 4 is 11.8 Å². The topological polar surface area (TPSA) is 71.1 Å². The van der Waals surface area contributed by atoms with E-state index in [0.717, 1.165) is 38.5 Å². The number of ether oxygens (including phenoxy) is 4. The van der Waals surface area contributed by atoms with Gasteiger partial charge in [0.2, 0.25) is 5.78 Å². The molecule has 6 heteroatoms. The van der Waals surface area contributed by atoms with E-state index in [1.165, 1.54) is 0 Å². The van der Waals surface area contributed by atoms with Gasteiger partial charge in [0.25, 0.3) is 0 Å². The van der Waals surface area contributed by atoms with Crippen molar-refractivity contribution in [2.24, 2.45) is 0 Å². The monoisotopic (exact) mass is 346 g/mol. The molecule has 0 bridgehead atoms. The molecule has 0 amide bonds. The average Bonchev–Trinajstić information content (AvgIpc) is 2.55. The molecule has 0 saturated carbocycles. The predicted octanol–water partition coefficient (Wildman–Crippen LogP) is 3.61.